The van der Waals surface area contributed by atoms with Gasteiger partial charge in [0.1, 0.15) is 5.75 Å². The number of nitrogens with zero attached hydrogens (tertiary/aromatic N) is 2. The van der Waals surface area contributed by atoms with Crippen molar-refractivity contribution in [2.45, 2.75) is 39.4 Å². The smallest absolute Gasteiger partial charge is 0.422 e. The Balaban J connectivity index is 1.88. The lowest BCUT2D eigenvalue weighted by Gasteiger charge is -2.12. The quantitative estimate of drug-likeness (QED) is 0.482. The van der Waals surface area contributed by atoms with E-state index in [0.717, 1.165) is 23.4 Å². The molecule has 0 bridgehead atoms. The number of thiazole rings is 1. The molecule has 0 atom stereocenters. The van der Waals surface area contributed by atoms with E-state index in [-0.39, 0.29) is 5.75 Å². The summed E-state index contributed by atoms with van der Waals surface area (Å²) in [5.74, 6) is 0.829. The van der Waals surface area contributed by atoms with E-state index in [1.54, 1.807) is 29.5 Å². The van der Waals surface area contributed by atoms with Crippen molar-refractivity contribution in [2.24, 2.45) is 4.99 Å². The van der Waals surface area contributed by atoms with Gasteiger partial charge >= 0.3 is 6.18 Å². The highest BCUT2D eigenvalue weighted by Gasteiger charge is 2.28. The molecule has 1 aromatic heterocycles. The van der Waals surface area contributed by atoms with Crippen LogP contribution in [0.2, 0.25) is 0 Å². The zero-order valence-electron chi connectivity index (χ0n) is 16.0. The van der Waals surface area contributed by atoms with Gasteiger partial charge in [0.2, 0.25) is 0 Å². The maximum atomic E-state index is 12.3. The third kappa shape index (κ3) is 8.16. The van der Waals surface area contributed by atoms with Crippen LogP contribution in [0.25, 0.3) is 0 Å². The zero-order valence-corrected chi connectivity index (χ0v) is 16.8. The highest BCUT2D eigenvalue weighted by molar-refractivity contribution is 7.11. The lowest BCUT2D eigenvalue weighted by atomic mass is 10.2. The second kappa shape index (κ2) is 10.9. The number of alkyl halides is 3. The molecule has 1 heterocycles. The second-order valence-electron chi connectivity index (χ2n) is 6.00. The number of aliphatic imine (C=N–C) groups is 1. The molecule has 0 aliphatic rings. The molecule has 2 aromatic rings. The Morgan fingerprint density at radius 1 is 1.25 bits per heavy atom. The number of hydrogen-bond acceptors (Lipinski definition) is 4. The third-order valence-electron chi connectivity index (χ3n) is 3.65. The normalized spacial score (nSPS) is 12.1. The molecule has 1 aromatic carbocycles. The number of rotatable bonds is 9. The number of nitrogens with one attached hydrogen (secondary N) is 2. The van der Waals surface area contributed by atoms with Gasteiger partial charge in [-0.25, -0.2) is 9.98 Å². The first-order chi connectivity index (χ1) is 13.4. The predicted octanol–water partition coefficient (Wildman–Crippen LogP) is 3.94. The summed E-state index contributed by atoms with van der Waals surface area (Å²) in [4.78, 5) is 10.1. The maximum absolute atomic E-state index is 12.3. The van der Waals surface area contributed by atoms with E-state index >= 15 is 0 Å². The summed E-state index contributed by atoms with van der Waals surface area (Å²) < 4.78 is 41.6. The van der Waals surface area contributed by atoms with Crippen molar-refractivity contribution >= 4 is 17.3 Å². The molecule has 0 amide bonds. The van der Waals surface area contributed by atoms with Crippen LogP contribution in [0.5, 0.6) is 5.75 Å². The van der Waals surface area contributed by atoms with Crippen LogP contribution in [0.4, 0.5) is 13.2 Å². The molecule has 2 rings (SSSR count). The van der Waals surface area contributed by atoms with Gasteiger partial charge in [-0.2, -0.15) is 13.2 Å². The molecule has 2 N–H and O–H groups in total. The summed E-state index contributed by atoms with van der Waals surface area (Å²) in [5, 5.41) is 7.49. The zero-order chi connectivity index (χ0) is 20.4. The standard InChI is InChI=1S/C19H25F3N4OS/c1-3-16-12-25-17(28-16)8-9-24-18(23-4-2)26-11-14-6-5-7-15(10-14)27-13-19(20,21)22/h5-7,10,12H,3-4,8-9,11,13H2,1-2H3,(H2,23,24,26). The Morgan fingerprint density at radius 3 is 2.75 bits per heavy atom. The van der Waals surface area contributed by atoms with E-state index in [0.29, 0.717) is 25.6 Å². The van der Waals surface area contributed by atoms with Crippen molar-refractivity contribution in [1.82, 2.24) is 15.6 Å². The van der Waals surface area contributed by atoms with Gasteiger partial charge in [-0.3, -0.25) is 0 Å². The number of benzene rings is 1. The Morgan fingerprint density at radius 2 is 2.07 bits per heavy atom. The Hall–Kier alpha value is -2.29. The molecule has 0 saturated heterocycles. The van der Waals surface area contributed by atoms with E-state index in [1.165, 1.54) is 10.9 Å². The van der Waals surface area contributed by atoms with E-state index in [4.69, 9.17) is 4.74 Å². The van der Waals surface area contributed by atoms with Crippen molar-refractivity contribution in [2.75, 3.05) is 19.7 Å². The van der Waals surface area contributed by atoms with Crippen molar-refractivity contribution < 1.29 is 17.9 Å². The van der Waals surface area contributed by atoms with E-state index in [2.05, 4.69) is 27.5 Å². The predicted molar refractivity (Wildman–Crippen MR) is 106 cm³/mol. The van der Waals surface area contributed by atoms with Gasteiger partial charge in [0.25, 0.3) is 0 Å². The van der Waals surface area contributed by atoms with Crippen molar-refractivity contribution in [3.05, 3.63) is 45.9 Å². The van der Waals surface area contributed by atoms with Crippen molar-refractivity contribution in [3.8, 4) is 5.75 Å². The number of guanidine groups is 1. The van der Waals surface area contributed by atoms with Crippen LogP contribution >= 0.6 is 11.3 Å². The van der Waals surface area contributed by atoms with E-state index < -0.39 is 12.8 Å². The number of halogens is 3. The first-order valence-corrected chi connectivity index (χ1v) is 9.95. The van der Waals surface area contributed by atoms with Gasteiger partial charge in [0, 0.05) is 30.6 Å². The first kappa shape index (κ1) is 22.0. The summed E-state index contributed by atoms with van der Waals surface area (Å²) in [6.07, 6.45) is -0.657. The highest BCUT2D eigenvalue weighted by atomic mass is 32.1. The van der Waals surface area contributed by atoms with Crippen LogP contribution in [0.1, 0.15) is 29.3 Å². The van der Waals surface area contributed by atoms with Crippen LogP contribution in [0.15, 0.2) is 35.5 Å². The average Bonchev–Trinajstić information content (AvgIpc) is 3.12. The summed E-state index contributed by atoms with van der Waals surface area (Å²) in [6, 6.07) is 6.53. The fourth-order valence-corrected chi connectivity index (χ4v) is 3.19. The molecule has 0 spiro atoms. The summed E-state index contributed by atoms with van der Waals surface area (Å²) in [6.45, 7) is 4.50. The molecule has 9 heteroatoms. The average molecular weight is 414 g/mol. The minimum Gasteiger partial charge on any atom is -0.484 e. The van der Waals surface area contributed by atoms with Gasteiger partial charge in [-0.15, -0.1) is 11.3 Å². The van der Waals surface area contributed by atoms with Crippen LogP contribution in [0, 0.1) is 0 Å². The molecular formula is C19H25F3N4OS. The maximum Gasteiger partial charge on any atom is 0.422 e. The lowest BCUT2D eigenvalue weighted by molar-refractivity contribution is -0.153. The van der Waals surface area contributed by atoms with Gasteiger partial charge < -0.3 is 15.4 Å². The van der Waals surface area contributed by atoms with Crippen LogP contribution in [0.3, 0.4) is 0 Å². The number of aryl methyl sites for hydroxylation is 1. The fraction of sp³-hybridized carbons (Fsp3) is 0.474. The summed E-state index contributed by atoms with van der Waals surface area (Å²) >= 11 is 1.71. The molecule has 0 radical (unpaired) electrons. The molecule has 154 valence electrons. The van der Waals surface area contributed by atoms with E-state index in [9.17, 15) is 13.2 Å². The SMILES string of the molecule is CCNC(=NCc1cccc(OCC(F)(F)F)c1)NCCc1ncc(CC)s1. The van der Waals surface area contributed by atoms with E-state index in [1.807, 2.05) is 13.1 Å². The first-order valence-electron chi connectivity index (χ1n) is 9.14. The summed E-state index contributed by atoms with van der Waals surface area (Å²) in [7, 11) is 0. The Bertz CT molecular complexity index is 762. The number of ether oxygens (including phenoxy) is 1. The third-order valence-corrected chi connectivity index (χ3v) is 4.85. The number of aromatic nitrogens is 1. The van der Waals surface area contributed by atoms with Gasteiger partial charge in [0.05, 0.1) is 11.6 Å². The second-order valence-corrected chi connectivity index (χ2v) is 7.20. The number of hydrogen-bond donors (Lipinski definition) is 2. The highest BCUT2D eigenvalue weighted by Crippen LogP contribution is 2.19. The largest absolute Gasteiger partial charge is 0.484 e. The fourth-order valence-electron chi connectivity index (χ4n) is 2.33. The minimum atomic E-state index is -4.36. The molecule has 0 fully saturated rings. The molecule has 5 nitrogen and oxygen atoms in total. The summed E-state index contributed by atoms with van der Waals surface area (Å²) in [5.41, 5.74) is 0.768. The molecular weight excluding hydrogens is 389 g/mol. The Labute approximate surface area is 167 Å². The molecule has 0 unspecified atom stereocenters. The van der Waals surface area contributed by atoms with Crippen LogP contribution in [-0.4, -0.2) is 36.8 Å². The molecule has 28 heavy (non-hydrogen) atoms. The van der Waals surface area contributed by atoms with Crippen LogP contribution < -0.4 is 15.4 Å². The van der Waals surface area contributed by atoms with Gasteiger partial charge in [-0.1, -0.05) is 19.1 Å². The molecule has 0 aliphatic carbocycles. The Kier molecular flexibility index (Phi) is 8.56. The van der Waals surface area contributed by atoms with Gasteiger partial charge in [-0.05, 0) is 31.0 Å². The van der Waals surface area contributed by atoms with Crippen LogP contribution in [-0.2, 0) is 19.4 Å². The minimum absolute atomic E-state index is 0.179. The molecule has 0 aliphatic heterocycles. The monoisotopic (exact) mass is 414 g/mol. The van der Waals surface area contributed by atoms with Crippen molar-refractivity contribution in [3.63, 3.8) is 0 Å². The van der Waals surface area contributed by atoms with Crippen molar-refractivity contribution in [1.29, 1.82) is 0 Å². The molecule has 0 saturated carbocycles. The topological polar surface area (TPSA) is 58.5 Å². The lowest BCUT2D eigenvalue weighted by Crippen LogP contribution is -2.38. The van der Waals surface area contributed by atoms with Gasteiger partial charge in [0.15, 0.2) is 12.6 Å².